The first kappa shape index (κ1) is 18.7. The Morgan fingerprint density at radius 2 is 1.65 bits per heavy atom. The summed E-state index contributed by atoms with van der Waals surface area (Å²) in [6, 6.07) is 11.7. The molecular formula is C20H20Cl2N2O2. The fraction of sp³-hybridized carbons (Fsp3) is 0.300. The molecule has 2 aromatic carbocycles. The standard InChI is InChI=1S/C20H20Cl2N2O2/c21-15-8-9-17(18(22)13-15)19(25)23-16-7-5-6-14(12-16)20(26)24-10-3-1-2-4-11-24/h5-9,12-13H,1-4,10-11H2,(H,23,25). The van der Waals surface area contributed by atoms with Crippen molar-refractivity contribution in [2.75, 3.05) is 18.4 Å². The van der Waals surface area contributed by atoms with Crippen molar-refractivity contribution in [2.45, 2.75) is 25.7 Å². The van der Waals surface area contributed by atoms with E-state index in [4.69, 9.17) is 23.2 Å². The normalized spacial score (nSPS) is 14.6. The van der Waals surface area contributed by atoms with E-state index in [0.29, 0.717) is 21.8 Å². The summed E-state index contributed by atoms with van der Waals surface area (Å²) in [7, 11) is 0. The van der Waals surface area contributed by atoms with Gasteiger partial charge in [-0.3, -0.25) is 9.59 Å². The van der Waals surface area contributed by atoms with Crippen molar-refractivity contribution < 1.29 is 9.59 Å². The van der Waals surface area contributed by atoms with E-state index in [-0.39, 0.29) is 16.8 Å². The largest absolute Gasteiger partial charge is 0.339 e. The molecule has 2 amide bonds. The van der Waals surface area contributed by atoms with Gasteiger partial charge < -0.3 is 10.2 Å². The molecule has 0 bridgehead atoms. The molecule has 0 aliphatic carbocycles. The van der Waals surface area contributed by atoms with E-state index in [0.717, 1.165) is 25.9 Å². The second-order valence-corrected chi connectivity index (χ2v) is 7.21. The highest BCUT2D eigenvalue weighted by atomic mass is 35.5. The number of benzene rings is 2. The molecule has 1 saturated heterocycles. The van der Waals surface area contributed by atoms with Gasteiger partial charge in [0.1, 0.15) is 0 Å². The molecule has 0 radical (unpaired) electrons. The zero-order chi connectivity index (χ0) is 18.5. The van der Waals surface area contributed by atoms with Gasteiger partial charge in [-0.1, -0.05) is 42.1 Å². The van der Waals surface area contributed by atoms with Crippen molar-refractivity contribution in [3.05, 3.63) is 63.6 Å². The maximum Gasteiger partial charge on any atom is 0.257 e. The van der Waals surface area contributed by atoms with E-state index in [2.05, 4.69) is 5.32 Å². The van der Waals surface area contributed by atoms with Gasteiger partial charge >= 0.3 is 0 Å². The molecule has 1 N–H and O–H groups in total. The van der Waals surface area contributed by atoms with Gasteiger partial charge in [0.2, 0.25) is 0 Å². The maximum atomic E-state index is 12.7. The first-order valence-corrected chi connectivity index (χ1v) is 9.46. The van der Waals surface area contributed by atoms with Crippen molar-refractivity contribution in [1.82, 2.24) is 4.90 Å². The van der Waals surface area contributed by atoms with E-state index in [1.165, 1.54) is 18.9 Å². The van der Waals surface area contributed by atoms with Crippen LogP contribution in [0.4, 0.5) is 5.69 Å². The Morgan fingerprint density at radius 3 is 2.35 bits per heavy atom. The summed E-state index contributed by atoms with van der Waals surface area (Å²) in [5, 5.41) is 3.54. The average Bonchev–Trinajstić information content (AvgIpc) is 2.90. The van der Waals surface area contributed by atoms with Crippen LogP contribution in [0, 0.1) is 0 Å². The molecule has 0 spiro atoms. The molecule has 1 heterocycles. The predicted molar refractivity (Wildman–Crippen MR) is 105 cm³/mol. The number of carbonyl (C=O) groups excluding carboxylic acids is 2. The summed E-state index contributed by atoms with van der Waals surface area (Å²) in [6.45, 7) is 1.58. The highest BCUT2D eigenvalue weighted by Gasteiger charge is 2.18. The Bertz CT molecular complexity index is 815. The Morgan fingerprint density at radius 1 is 0.923 bits per heavy atom. The fourth-order valence-electron chi connectivity index (χ4n) is 3.06. The Labute approximate surface area is 163 Å². The molecule has 136 valence electrons. The monoisotopic (exact) mass is 390 g/mol. The molecular weight excluding hydrogens is 371 g/mol. The van der Waals surface area contributed by atoms with Gasteiger partial charge in [-0.25, -0.2) is 0 Å². The maximum absolute atomic E-state index is 12.7. The molecule has 6 heteroatoms. The van der Waals surface area contributed by atoms with Gasteiger partial charge in [0.05, 0.1) is 10.6 Å². The minimum Gasteiger partial charge on any atom is -0.339 e. The number of rotatable bonds is 3. The van der Waals surface area contributed by atoms with Gasteiger partial charge in [0, 0.05) is 29.4 Å². The van der Waals surface area contributed by atoms with Crippen LogP contribution in [0.25, 0.3) is 0 Å². The van der Waals surface area contributed by atoms with Gasteiger partial charge in [-0.05, 0) is 49.2 Å². The Kier molecular flexibility index (Phi) is 6.17. The van der Waals surface area contributed by atoms with Crippen LogP contribution in [0.5, 0.6) is 0 Å². The number of halogens is 2. The van der Waals surface area contributed by atoms with Crippen LogP contribution in [0.15, 0.2) is 42.5 Å². The third-order valence-corrected chi connectivity index (χ3v) is 4.98. The molecule has 1 aliphatic rings. The first-order chi connectivity index (χ1) is 12.5. The van der Waals surface area contributed by atoms with Crippen molar-refractivity contribution >= 4 is 40.7 Å². The number of nitrogens with zero attached hydrogens (tertiary/aromatic N) is 1. The van der Waals surface area contributed by atoms with Crippen LogP contribution in [-0.4, -0.2) is 29.8 Å². The molecule has 1 fully saturated rings. The van der Waals surface area contributed by atoms with Gasteiger partial charge in [0.25, 0.3) is 11.8 Å². The number of likely N-dealkylation sites (tertiary alicyclic amines) is 1. The molecule has 3 rings (SSSR count). The number of nitrogens with one attached hydrogen (secondary N) is 1. The molecule has 26 heavy (non-hydrogen) atoms. The highest BCUT2D eigenvalue weighted by Crippen LogP contribution is 2.23. The zero-order valence-electron chi connectivity index (χ0n) is 14.3. The number of hydrogen-bond donors (Lipinski definition) is 1. The van der Waals surface area contributed by atoms with Crippen molar-refractivity contribution in [3.63, 3.8) is 0 Å². The number of carbonyl (C=O) groups is 2. The summed E-state index contributed by atoms with van der Waals surface area (Å²) in [5.74, 6) is -0.335. The third-order valence-electron chi connectivity index (χ3n) is 4.44. The van der Waals surface area contributed by atoms with Crippen LogP contribution in [0.3, 0.4) is 0 Å². The van der Waals surface area contributed by atoms with Crippen LogP contribution in [-0.2, 0) is 0 Å². The fourth-order valence-corrected chi connectivity index (χ4v) is 3.55. The van der Waals surface area contributed by atoms with E-state index in [1.807, 2.05) is 4.90 Å². The quantitative estimate of drug-likeness (QED) is 0.776. The van der Waals surface area contributed by atoms with E-state index in [9.17, 15) is 9.59 Å². The average molecular weight is 391 g/mol. The molecule has 2 aromatic rings. The first-order valence-electron chi connectivity index (χ1n) is 8.70. The summed E-state index contributed by atoms with van der Waals surface area (Å²) >= 11 is 11.9. The molecule has 1 aliphatic heterocycles. The summed E-state index contributed by atoms with van der Waals surface area (Å²) < 4.78 is 0. The van der Waals surface area contributed by atoms with E-state index < -0.39 is 0 Å². The van der Waals surface area contributed by atoms with Crippen LogP contribution in [0.2, 0.25) is 10.0 Å². The van der Waals surface area contributed by atoms with Crippen molar-refractivity contribution in [3.8, 4) is 0 Å². The van der Waals surface area contributed by atoms with Gasteiger partial charge in [-0.15, -0.1) is 0 Å². The lowest BCUT2D eigenvalue weighted by Crippen LogP contribution is -2.31. The van der Waals surface area contributed by atoms with Crippen molar-refractivity contribution in [1.29, 1.82) is 0 Å². The predicted octanol–water partition coefficient (Wildman–Crippen LogP) is 5.26. The zero-order valence-corrected chi connectivity index (χ0v) is 15.8. The van der Waals surface area contributed by atoms with Crippen LogP contribution in [0.1, 0.15) is 46.4 Å². The highest BCUT2D eigenvalue weighted by molar-refractivity contribution is 6.37. The molecule has 0 aromatic heterocycles. The minimum absolute atomic E-state index is 0.00697. The van der Waals surface area contributed by atoms with Gasteiger partial charge in [0.15, 0.2) is 0 Å². The molecule has 0 atom stereocenters. The summed E-state index contributed by atoms with van der Waals surface area (Å²) in [4.78, 5) is 27.1. The summed E-state index contributed by atoms with van der Waals surface area (Å²) in [5.41, 5.74) is 1.47. The Balaban J connectivity index is 1.74. The van der Waals surface area contributed by atoms with Crippen LogP contribution < -0.4 is 5.32 Å². The SMILES string of the molecule is O=C(Nc1cccc(C(=O)N2CCCCCC2)c1)c1ccc(Cl)cc1Cl. The van der Waals surface area contributed by atoms with Gasteiger partial charge in [-0.2, -0.15) is 0 Å². The van der Waals surface area contributed by atoms with E-state index >= 15 is 0 Å². The Hall–Kier alpha value is -2.04. The van der Waals surface area contributed by atoms with Crippen LogP contribution >= 0.6 is 23.2 Å². The summed E-state index contributed by atoms with van der Waals surface area (Å²) in [6.07, 6.45) is 4.41. The lowest BCUT2D eigenvalue weighted by atomic mass is 10.1. The third kappa shape index (κ3) is 4.57. The van der Waals surface area contributed by atoms with Crippen molar-refractivity contribution in [2.24, 2.45) is 0 Å². The lowest BCUT2D eigenvalue weighted by molar-refractivity contribution is 0.0761. The number of hydrogen-bond acceptors (Lipinski definition) is 2. The molecule has 4 nitrogen and oxygen atoms in total. The topological polar surface area (TPSA) is 49.4 Å². The minimum atomic E-state index is -0.342. The molecule has 0 unspecified atom stereocenters. The number of anilines is 1. The van der Waals surface area contributed by atoms with E-state index in [1.54, 1.807) is 36.4 Å². The lowest BCUT2D eigenvalue weighted by Gasteiger charge is -2.20. The second-order valence-electron chi connectivity index (χ2n) is 6.37. The molecule has 0 saturated carbocycles. The second kappa shape index (κ2) is 8.56. The smallest absolute Gasteiger partial charge is 0.257 e. The number of amides is 2.